The first kappa shape index (κ1) is 17.9. The van der Waals surface area contributed by atoms with Crippen LogP contribution in [0.2, 0.25) is 0 Å². The summed E-state index contributed by atoms with van der Waals surface area (Å²) < 4.78 is 4.67. The van der Waals surface area contributed by atoms with E-state index in [1.54, 1.807) is 21.5 Å². The topological polar surface area (TPSA) is 48.9 Å². The highest BCUT2D eigenvalue weighted by atomic mass is 32.2. The molecular weight excluding hydrogens is 370 g/mol. The fraction of sp³-hybridized carbons (Fsp3) is 0.455. The van der Waals surface area contributed by atoms with Gasteiger partial charge in [0.15, 0.2) is 0 Å². The van der Waals surface area contributed by atoms with E-state index in [1.807, 2.05) is 36.9 Å². The molecule has 1 saturated heterocycles. The van der Waals surface area contributed by atoms with Crippen LogP contribution in [0.3, 0.4) is 0 Å². The standard InChI is InChI=1S/C22H25N3O2S/c1-14-13-21(3)15(2)22(4,17-11-8-12-28-17)18(14)24-19(26)23(20(27)25(21)24)16-9-6-5-7-10-16/h5-7,9-10,13,17-18H,2,8,11-12H2,1,3-4H3/t17-,18+,21-,22+/m1/s1. The lowest BCUT2D eigenvalue weighted by Crippen LogP contribution is -2.61. The number of allylic oxidation sites excluding steroid dienone is 3. The van der Waals surface area contributed by atoms with Gasteiger partial charge in [-0.15, -0.1) is 0 Å². The van der Waals surface area contributed by atoms with Gasteiger partial charge in [0.1, 0.15) is 5.54 Å². The lowest BCUT2D eigenvalue weighted by atomic mass is 9.59. The van der Waals surface area contributed by atoms with Crippen LogP contribution in [-0.4, -0.2) is 24.9 Å². The summed E-state index contributed by atoms with van der Waals surface area (Å²) in [7, 11) is 0. The van der Waals surface area contributed by atoms with Gasteiger partial charge < -0.3 is 0 Å². The van der Waals surface area contributed by atoms with Crippen molar-refractivity contribution < 1.29 is 0 Å². The van der Waals surface area contributed by atoms with Crippen molar-refractivity contribution in [3.05, 3.63) is 75.1 Å². The van der Waals surface area contributed by atoms with Gasteiger partial charge in [-0.25, -0.2) is 23.5 Å². The van der Waals surface area contributed by atoms with E-state index < -0.39 is 5.54 Å². The van der Waals surface area contributed by atoms with Crippen molar-refractivity contribution in [3.63, 3.8) is 0 Å². The predicted octanol–water partition coefficient (Wildman–Crippen LogP) is 3.49. The van der Waals surface area contributed by atoms with Crippen molar-refractivity contribution in [2.75, 3.05) is 5.75 Å². The van der Waals surface area contributed by atoms with Gasteiger partial charge in [0, 0.05) is 10.7 Å². The van der Waals surface area contributed by atoms with E-state index in [1.165, 1.54) is 11.0 Å². The zero-order valence-corrected chi connectivity index (χ0v) is 17.3. The number of rotatable bonds is 2. The van der Waals surface area contributed by atoms with E-state index in [-0.39, 0.29) is 22.8 Å². The highest BCUT2D eigenvalue weighted by molar-refractivity contribution is 8.00. The van der Waals surface area contributed by atoms with Gasteiger partial charge in [-0.3, -0.25) is 0 Å². The van der Waals surface area contributed by atoms with E-state index in [2.05, 4.69) is 26.5 Å². The summed E-state index contributed by atoms with van der Waals surface area (Å²) in [4.78, 5) is 27.0. The van der Waals surface area contributed by atoms with Crippen molar-refractivity contribution in [2.24, 2.45) is 5.41 Å². The van der Waals surface area contributed by atoms with E-state index >= 15 is 0 Å². The third-order valence-corrected chi connectivity index (χ3v) is 8.69. The maximum absolute atomic E-state index is 13.6. The molecule has 0 spiro atoms. The third kappa shape index (κ3) is 1.94. The molecule has 0 N–H and O–H groups in total. The Morgan fingerprint density at radius 3 is 2.50 bits per heavy atom. The Morgan fingerprint density at radius 2 is 1.86 bits per heavy atom. The summed E-state index contributed by atoms with van der Waals surface area (Å²) in [6.45, 7) is 10.9. The molecular formula is C22H25N3O2S. The van der Waals surface area contributed by atoms with Gasteiger partial charge in [0.25, 0.3) is 0 Å². The molecule has 2 aromatic rings. The maximum atomic E-state index is 13.6. The third-order valence-electron chi connectivity index (χ3n) is 7.04. The number of hydrogen-bond donors (Lipinski definition) is 0. The van der Waals surface area contributed by atoms with Crippen LogP contribution in [0.25, 0.3) is 5.69 Å². The minimum absolute atomic E-state index is 0.178. The van der Waals surface area contributed by atoms with E-state index in [0.717, 1.165) is 23.3 Å². The Bertz CT molecular complexity index is 1130. The molecule has 4 aliphatic rings. The molecule has 4 heterocycles. The largest absolute Gasteiger partial charge is 0.352 e. The lowest BCUT2D eigenvalue weighted by molar-refractivity contribution is 0.0998. The molecule has 1 fully saturated rings. The first-order chi connectivity index (χ1) is 13.3. The Kier molecular flexibility index (Phi) is 3.61. The van der Waals surface area contributed by atoms with Crippen molar-refractivity contribution in [1.82, 2.24) is 13.9 Å². The van der Waals surface area contributed by atoms with Gasteiger partial charge in [0.05, 0.1) is 11.7 Å². The van der Waals surface area contributed by atoms with Crippen LogP contribution in [0.15, 0.2) is 63.7 Å². The van der Waals surface area contributed by atoms with Crippen molar-refractivity contribution in [2.45, 2.75) is 50.4 Å². The fourth-order valence-electron chi connectivity index (χ4n) is 5.75. The van der Waals surface area contributed by atoms with Crippen LogP contribution in [0.1, 0.15) is 39.7 Å². The molecule has 3 aliphatic heterocycles. The first-order valence-electron chi connectivity index (χ1n) is 9.85. The Balaban J connectivity index is 1.84. The minimum Gasteiger partial charge on any atom is -0.245 e. The van der Waals surface area contributed by atoms with E-state index in [4.69, 9.17) is 0 Å². The van der Waals surface area contributed by atoms with Gasteiger partial charge in [-0.2, -0.15) is 11.8 Å². The lowest BCUT2D eigenvalue weighted by Gasteiger charge is -2.57. The number of benzene rings is 1. The second-order valence-electron chi connectivity index (χ2n) is 8.59. The molecule has 5 nitrogen and oxygen atoms in total. The first-order valence-corrected chi connectivity index (χ1v) is 10.9. The number of fused-ring (bicyclic) bond motifs is 1. The second kappa shape index (κ2) is 5.66. The van der Waals surface area contributed by atoms with Crippen LogP contribution in [0.4, 0.5) is 0 Å². The fourth-order valence-corrected chi connectivity index (χ4v) is 7.32. The monoisotopic (exact) mass is 395 g/mol. The number of nitrogens with zero attached hydrogens (tertiary/aromatic N) is 3. The smallest absolute Gasteiger partial charge is 0.245 e. The maximum Gasteiger partial charge on any atom is 0.352 e. The van der Waals surface area contributed by atoms with Crippen LogP contribution >= 0.6 is 11.8 Å². The summed E-state index contributed by atoms with van der Waals surface area (Å²) in [6, 6.07) is 9.01. The van der Waals surface area contributed by atoms with Crippen molar-refractivity contribution in [3.8, 4) is 5.69 Å². The van der Waals surface area contributed by atoms with Crippen molar-refractivity contribution >= 4 is 11.8 Å². The minimum atomic E-state index is -0.701. The van der Waals surface area contributed by atoms with Crippen LogP contribution < -0.4 is 11.4 Å². The summed E-state index contributed by atoms with van der Waals surface area (Å²) in [5, 5.41) is 0.406. The molecule has 1 aliphatic carbocycles. The number of hydrogen-bond acceptors (Lipinski definition) is 3. The Labute approximate surface area is 168 Å². The number of thioether (sulfide) groups is 1. The molecule has 0 radical (unpaired) electrons. The molecule has 6 rings (SSSR count). The van der Waals surface area contributed by atoms with Gasteiger partial charge in [0.2, 0.25) is 0 Å². The average molecular weight is 396 g/mol. The highest BCUT2D eigenvalue weighted by Crippen LogP contribution is 2.61. The molecule has 28 heavy (non-hydrogen) atoms. The SMILES string of the molecule is C=C1[C@@](C)([C@H]2CCCS2)[C@@H]2C(C)=C[C@@]1(C)n1c(=O)n(-c3ccccc3)c(=O)n12. The molecule has 0 amide bonds. The van der Waals surface area contributed by atoms with E-state index in [9.17, 15) is 9.59 Å². The molecule has 0 saturated carbocycles. The van der Waals surface area contributed by atoms with Crippen LogP contribution in [-0.2, 0) is 5.54 Å². The molecule has 0 unspecified atom stereocenters. The average Bonchev–Trinajstić information content (AvgIpc) is 3.29. The summed E-state index contributed by atoms with van der Waals surface area (Å²) in [5.41, 5.74) is 1.28. The number of aromatic nitrogens is 3. The number of para-hydroxylation sites is 1. The normalized spacial score (nSPS) is 33.8. The summed E-state index contributed by atoms with van der Waals surface area (Å²) in [6.07, 6.45) is 4.45. The molecule has 4 atom stereocenters. The summed E-state index contributed by atoms with van der Waals surface area (Å²) in [5.74, 6) is 1.15. The molecule has 2 bridgehead atoms. The Morgan fingerprint density at radius 1 is 1.14 bits per heavy atom. The van der Waals surface area contributed by atoms with Gasteiger partial charge in [-0.05, 0) is 55.7 Å². The highest BCUT2D eigenvalue weighted by Gasteiger charge is 2.60. The molecule has 1 aromatic heterocycles. The van der Waals surface area contributed by atoms with E-state index in [0.29, 0.717) is 10.9 Å². The van der Waals surface area contributed by atoms with Gasteiger partial charge in [-0.1, -0.05) is 37.8 Å². The second-order valence-corrected chi connectivity index (χ2v) is 9.90. The molecule has 1 aromatic carbocycles. The van der Waals surface area contributed by atoms with Crippen LogP contribution in [0.5, 0.6) is 0 Å². The quantitative estimate of drug-likeness (QED) is 0.732. The van der Waals surface area contributed by atoms with Crippen LogP contribution in [0, 0.1) is 5.41 Å². The predicted molar refractivity (Wildman–Crippen MR) is 113 cm³/mol. The Hall–Kier alpha value is -2.21. The zero-order chi connectivity index (χ0) is 19.8. The molecule has 6 heteroatoms. The van der Waals surface area contributed by atoms with Gasteiger partial charge >= 0.3 is 11.4 Å². The van der Waals surface area contributed by atoms with Crippen molar-refractivity contribution in [1.29, 1.82) is 0 Å². The molecule has 146 valence electrons. The summed E-state index contributed by atoms with van der Waals surface area (Å²) >= 11 is 1.98. The zero-order valence-electron chi connectivity index (χ0n) is 16.5.